The molecule has 0 atom stereocenters. The zero-order valence-electron chi connectivity index (χ0n) is 9.40. The predicted octanol–water partition coefficient (Wildman–Crippen LogP) is 1.43. The Morgan fingerprint density at radius 3 is 2.41 bits per heavy atom. The Labute approximate surface area is 112 Å². The van der Waals surface area contributed by atoms with Crippen molar-refractivity contribution in [1.29, 1.82) is 0 Å². The Morgan fingerprint density at radius 2 is 1.82 bits per heavy atom. The highest BCUT2D eigenvalue weighted by atomic mass is 127. The first kappa shape index (κ1) is 13.8. The van der Waals surface area contributed by atoms with Crippen LogP contribution in [0.5, 0.6) is 0 Å². The SMILES string of the molecule is CCOC(=O)c1cnnc(I)c1C(=O)OCC. The Hall–Kier alpha value is -1.25. The van der Waals surface area contributed by atoms with Crippen LogP contribution in [0.3, 0.4) is 0 Å². The molecule has 0 radical (unpaired) electrons. The van der Waals surface area contributed by atoms with Crippen molar-refractivity contribution in [3.05, 3.63) is 21.0 Å². The van der Waals surface area contributed by atoms with Crippen LogP contribution in [0, 0.1) is 3.70 Å². The highest BCUT2D eigenvalue weighted by molar-refractivity contribution is 14.1. The maximum Gasteiger partial charge on any atom is 0.341 e. The Morgan fingerprint density at radius 1 is 1.24 bits per heavy atom. The molecule has 0 saturated carbocycles. The number of hydrogen-bond donors (Lipinski definition) is 0. The first-order valence-electron chi connectivity index (χ1n) is 4.97. The van der Waals surface area contributed by atoms with Gasteiger partial charge in [0.25, 0.3) is 0 Å². The molecule has 0 saturated heterocycles. The van der Waals surface area contributed by atoms with Crippen molar-refractivity contribution in [3.8, 4) is 0 Å². The molecule has 1 rings (SSSR count). The number of rotatable bonds is 4. The van der Waals surface area contributed by atoms with Gasteiger partial charge in [-0.2, -0.15) is 5.10 Å². The van der Waals surface area contributed by atoms with Crippen LogP contribution in [0.4, 0.5) is 0 Å². The lowest BCUT2D eigenvalue weighted by atomic mass is 10.2. The molecule has 0 aliphatic carbocycles. The maximum absolute atomic E-state index is 11.7. The van der Waals surface area contributed by atoms with Crippen LogP contribution in [0.15, 0.2) is 6.20 Å². The van der Waals surface area contributed by atoms with E-state index in [-0.39, 0.29) is 24.3 Å². The smallest absolute Gasteiger partial charge is 0.341 e. The Bertz CT molecular complexity index is 436. The second kappa shape index (κ2) is 6.48. The van der Waals surface area contributed by atoms with Gasteiger partial charge in [-0.25, -0.2) is 9.59 Å². The Kier molecular flexibility index (Phi) is 5.26. The number of hydrogen-bond acceptors (Lipinski definition) is 6. The van der Waals surface area contributed by atoms with Crippen LogP contribution in [0.25, 0.3) is 0 Å². The van der Waals surface area contributed by atoms with E-state index in [1.807, 2.05) is 22.6 Å². The third kappa shape index (κ3) is 3.35. The van der Waals surface area contributed by atoms with Crippen molar-refractivity contribution < 1.29 is 19.1 Å². The fraction of sp³-hybridized carbons (Fsp3) is 0.400. The zero-order chi connectivity index (χ0) is 12.8. The summed E-state index contributed by atoms with van der Waals surface area (Å²) in [5.74, 6) is -1.21. The monoisotopic (exact) mass is 350 g/mol. The summed E-state index contributed by atoms with van der Waals surface area (Å²) in [6, 6.07) is 0. The van der Waals surface area contributed by atoms with Gasteiger partial charge in [0.1, 0.15) is 9.26 Å². The van der Waals surface area contributed by atoms with E-state index >= 15 is 0 Å². The van der Waals surface area contributed by atoms with Gasteiger partial charge in [-0.15, -0.1) is 5.10 Å². The third-order valence-electron chi connectivity index (χ3n) is 1.78. The minimum absolute atomic E-state index is 0.0738. The molecule has 0 aliphatic rings. The van der Waals surface area contributed by atoms with Crippen LogP contribution in [-0.4, -0.2) is 35.3 Å². The first-order chi connectivity index (χ1) is 8.11. The number of halogens is 1. The highest BCUT2D eigenvalue weighted by Crippen LogP contribution is 2.16. The van der Waals surface area contributed by atoms with Gasteiger partial charge >= 0.3 is 11.9 Å². The summed E-state index contributed by atoms with van der Waals surface area (Å²) >= 11 is 1.82. The average Bonchev–Trinajstić information content (AvgIpc) is 2.29. The molecule has 0 spiro atoms. The van der Waals surface area contributed by atoms with Crippen molar-refractivity contribution >= 4 is 34.5 Å². The molecule has 6 nitrogen and oxygen atoms in total. The number of ether oxygens (including phenoxy) is 2. The topological polar surface area (TPSA) is 78.4 Å². The van der Waals surface area contributed by atoms with E-state index in [1.165, 1.54) is 6.20 Å². The van der Waals surface area contributed by atoms with Gasteiger partial charge in [-0.05, 0) is 36.4 Å². The van der Waals surface area contributed by atoms with Crippen molar-refractivity contribution in [2.45, 2.75) is 13.8 Å². The van der Waals surface area contributed by atoms with Gasteiger partial charge in [0.2, 0.25) is 0 Å². The van der Waals surface area contributed by atoms with Crippen LogP contribution in [-0.2, 0) is 9.47 Å². The summed E-state index contributed by atoms with van der Waals surface area (Å²) in [4.78, 5) is 23.3. The molecule has 0 aromatic carbocycles. The van der Waals surface area contributed by atoms with Crippen LogP contribution in [0.1, 0.15) is 34.6 Å². The maximum atomic E-state index is 11.7. The van der Waals surface area contributed by atoms with Crippen molar-refractivity contribution in [2.24, 2.45) is 0 Å². The molecule has 1 heterocycles. The molecule has 1 aromatic rings. The van der Waals surface area contributed by atoms with Crippen molar-refractivity contribution in [3.63, 3.8) is 0 Å². The van der Waals surface area contributed by atoms with Crippen molar-refractivity contribution in [2.75, 3.05) is 13.2 Å². The van der Waals surface area contributed by atoms with Gasteiger partial charge in [-0.1, -0.05) is 0 Å². The van der Waals surface area contributed by atoms with Gasteiger partial charge < -0.3 is 9.47 Å². The summed E-state index contributed by atoms with van der Waals surface area (Å²) in [5.41, 5.74) is 0.172. The normalized spacial score (nSPS) is 9.82. The molecule has 0 unspecified atom stereocenters. The fourth-order valence-corrected chi connectivity index (χ4v) is 1.76. The van der Waals surface area contributed by atoms with Crippen LogP contribution in [0.2, 0.25) is 0 Å². The quantitative estimate of drug-likeness (QED) is 0.604. The first-order valence-corrected chi connectivity index (χ1v) is 6.05. The Balaban J connectivity index is 3.17. The summed E-state index contributed by atoms with van der Waals surface area (Å²) in [6.45, 7) is 3.81. The predicted molar refractivity (Wildman–Crippen MR) is 66.7 cm³/mol. The zero-order valence-corrected chi connectivity index (χ0v) is 11.6. The second-order valence-electron chi connectivity index (χ2n) is 2.86. The number of carbonyl (C=O) groups excluding carboxylic acids is 2. The van der Waals surface area contributed by atoms with Gasteiger partial charge in [0.15, 0.2) is 0 Å². The van der Waals surface area contributed by atoms with Gasteiger partial charge in [0, 0.05) is 0 Å². The number of nitrogens with zero attached hydrogens (tertiary/aromatic N) is 2. The molecule has 0 amide bonds. The molecule has 0 fully saturated rings. The van der Waals surface area contributed by atoms with E-state index in [9.17, 15) is 9.59 Å². The third-order valence-corrected chi connectivity index (χ3v) is 2.54. The molecular weight excluding hydrogens is 339 g/mol. The average molecular weight is 350 g/mol. The minimum Gasteiger partial charge on any atom is -0.462 e. The number of carbonyl (C=O) groups is 2. The lowest BCUT2D eigenvalue weighted by molar-refractivity contribution is 0.0476. The molecule has 17 heavy (non-hydrogen) atoms. The molecule has 1 aromatic heterocycles. The van der Waals surface area contributed by atoms with E-state index in [4.69, 9.17) is 9.47 Å². The summed E-state index contributed by atoms with van der Waals surface area (Å²) in [5, 5.41) is 7.34. The van der Waals surface area contributed by atoms with E-state index in [2.05, 4.69) is 10.2 Å². The minimum atomic E-state index is -0.608. The number of aromatic nitrogens is 2. The second-order valence-corrected chi connectivity index (χ2v) is 3.89. The number of esters is 2. The largest absolute Gasteiger partial charge is 0.462 e. The summed E-state index contributed by atoms with van der Waals surface area (Å²) in [7, 11) is 0. The summed E-state index contributed by atoms with van der Waals surface area (Å²) in [6.07, 6.45) is 1.20. The van der Waals surface area contributed by atoms with E-state index < -0.39 is 11.9 Å². The van der Waals surface area contributed by atoms with Crippen molar-refractivity contribution in [1.82, 2.24) is 10.2 Å². The van der Waals surface area contributed by atoms with Gasteiger partial charge in [0.05, 0.1) is 25.0 Å². The highest BCUT2D eigenvalue weighted by Gasteiger charge is 2.23. The molecule has 7 heteroatoms. The molecule has 0 aliphatic heterocycles. The van der Waals surface area contributed by atoms with Gasteiger partial charge in [-0.3, -0.25) is 0 Å². The molecular formula is C10H11IN2O4. The molecule has 0 N–H and O–H groups in total. The lowest BCUT2D eigenvalue weighted by Gasteiger charge is -2.08. The van der Waals surface area contributed by atoms with E-state index in [0.29, 0.717) is 3.70 Å². The van der Waals surface area contributed by atoms with E-state index in [0.717, 1.165) is 0 Å². The molecule has 92 valence electrons. The fourth-order valence-electron chi connectivity index (χ4n) is 1.12. The summed E-state index contributed by atoms with van der Waals surface area (Å²) < 4.78 is 10.0. The molecule has 0 bridgehead atoms. The standard InChI is InChI=1S/C10H11IN2O4/c1-3-16-9(14)6-5-12-13-8(11)7(6)10(15)17-4-2/h5H,3-4H2,1-2H3. The lowest BCUT2D eigenvalue weighted by Crippen LogP contribution is -2.17. The van der Waals surface area contributed by atoms with Crippen LogP contribution < -0.4 is 0 Å². The van der Waals surface area contributed by atoms with E-state index in [1.54, 1.807) is 13.8 Å². The van der Waals surface area contributed by atoms with Crippen LogP contribution >= 0.6 is 22.6 Å².